The highest BCUT2D eigenvalue weighted by atomic mass is 79.9. The zero-order valence-corrected chi connectivity index (χ0v) is 16.3. The van der Waals surface area contributed by atoms with Gasteiger partial charge in [0.25, 0.3) is 0 Å². The number of guanidine groups is 1. The third-order valence-corrected chi connectivity index (χ3v) is 7.46. The maximum Gasteiger partial charge on any atom is 0.246 e. The third-order valence-electron chi connectivity index (χ3n) is 4.57. The Morgan fingerprint density at radius 2 is 1.81 bits per heavy atom. The van der Waals surface area contributed by atoms with Crippen LogP contribution in [0.2, 0.25) is 0 Å². The molecule has 1 aliphatic heterocycles. The molecule has 2 aromatic rings. The second-order valence-corrected chi connectivity index (χ2v) is 9.13. The number of rotatable bonds is 2. The molecule has 0 spiro atoms. The summed E-state index contributed by atoms with van der Waals surface area (Å²) in [5.41, 5.74) is -1.15. The lowest BCUT2D eigenvalue weighted by atomic mass is 9.84. The highest BCUT2D eigenvalue weighted by molar-refractivity contribution is 9.10. The Morgan fingerprint density at radius 3 is 2.42 bits per heavy atom. The SMILES string of the molecule is CN1C(=N)N[C@](C)(c2cc(Br)c(F)cc2F)[C@@H](c2ccccc2)S1(=O)=O. The van der Waals surface area contributed by atoms with Crippen molar-refractivity contribution in [2.45, 2.75) is 17.7 Å². The van der Waals surface area contributed by atoms with Gasteiger partial charge in [0.2, 0.25) is 16.0 Å². The van der Waals surface area contributed by atoms with Gasteiger partial charge < -0.3 is 5.32 Å². The molecule has 138 valence electrons. The molecule has 9 heteroatoms. The summed E-state index contributed by atoms with van der Waals surface area (Å²) in [5.74, 6) is -2.08. The molecule has 1 fully saturated rings. The Labute approximate surface area is 158 Å². The normalized spacial score (nSPS) is 25.0. The first-order valence-electron chi connectivity index (χ1n) is 7.63. The summed E-state index contributed by atoms with van der Waals surface area (Å²) in [7, 11) is -2.77. The maximum atomic E-state index is 14.6. The van der Waals surface area contributed by atoms with E-state index >= 15 is 0 Å². The van der Waals surface area contributed by atoms with Crippen LogP contribution in [0.15, 0.2) is 46.9 Å². The number of hydrogen-bond acceptors (Lipinski definition) is 3. The van der Waals surface area contributed by atoms with Gasteiger partial charge in [0.15, 0.2) is 0 Å². The average molecular weight is 444 g/mol. The van der Waals surface area contributed by atoms with Crippen LogP contribution in [-0.2, 0) is 15.6 Å². The van der Waals surface area contributed by atoms with E-state index in [0.29, 0.717) is 11.6 Å². The summed E-state index contributed by atoms with van der Waals surface area (Å²) >= 11 is 3.02. The van der Waals surface area contributed by atoms with Crippen LogP contribution in [0.1, 0.15) is 23.3 Å². The van der Waals surface area contributed by atoms with Gasteiger partial charge in [0.1, 0.15) is 16.9 Å². The van der Waals surface area contributed by atoms with Crippen molar-refractivity contribution in [3.8, 4) is 0 Å². The van der Waals surface area contributed by atoms with E-state index in [1.165, 1.54) is 20.0 Å². The first kappa shape index (κ1) is 18.8. The Kier molecular flexibility index (Phi) is 4.56. The van der Waals surface area contributed by atoms with Crippen molar-refractivity contribution in [2.24, 2.45) is 0 Å². The van der Waals surface area contributed by atoms with Gasteiger partial charge in [0, 0.05) is 18.7 Å². The largest absolute Gasteiger partial charge is 0.345 e. The van der Waals surface area contributed by atoms with Gasteiger partial charge in [-0.15, -0.1) is 0 Å². The van der Waals surface area contributed by atoms with Crippen molar-refractivity contribution in [3.05, 3.63) is 69.7 Å². The van der Waals surface area contributed by atoms with E-state index in [1.807, 2.05) is 0 Å². The van der Waals surface area contributed by atoms with E-state index in [9.17, 15) is 17.2 Å². The molecule has 0 saturated carbocycles. The predicted molar refractivity (Wildman–Crippen MR) is 98.1 cm³/mol. The number of nitrogens with one attached hydrogen (secondary N) is 2. The molecule has 2 atom stereocenters. The van der Waals surface area contributed by atoms with Gasteiger partial charge in [-0.2, -0.15) is 0 Å². The summed E-state index contributed by atoms with van der Waals surface area (Å²) in [6.07, 6.45) is 0. The van der Waals surface area contributed by atoms with Crippen LogP contribution in [0.4, 0.5) is 8.78 Å². The number of sulfonamides is 1. The Morgan fingerprint density at radius 1 is 1.19 bits per heavy atom. The van der Waals surface area contributed by atoms with E-state index < -0.39 is 32.4 Å². The van der Waals surface area contributed by atoms with Crippen molar-refractivity contribution in [1.29, 1.82) is 5.41 Å². The van der Waals surface area contributed by atoms with Gasteiger partial charge in [-0.1, -0.05) is 30.3 Å². The van der Waals surface area contributed by atoms with Crippen LogP contribution in [0.5, 0.6) is 0 Å². The number of hydrogen-bond donors (Lipinski definition) is 2. The van der Waals surface area contributed by atoms with Crippen LogP contribution in [0.25, 0.3) is 0 Å². The average Bonchev–Trinajstić information content (AvgIpc) is 2.57. The van der Waals surface area contributed by atoms with Crippen molar-refractivity contribution in [1.82, 2.24) is 9.62 Å². The molecular formula is C17H16BrF2N3O2S. The molecule has 5 nitrogen and oxygen atoms in total. The molecule has 0 radical (unpaired) electrons. The minimum Gasteiger partial charge on any atom is -0.345 e. The molecular weight excluding hydrogens is 428 g/mol. The molecule has 2 aromatic carbocycles. The lowest BCUT2D eigenvalue weighted by Crippen LogP contribution is -2.62. The summed E-state index contributed by atoms with van der Waals surface area (Å²) < 4.78 is 55.4. The molecule has 0 aliphatic carbocycles. The van der Waals surface area contributed by atoms with Gasteiger partial charge in [-0.25, -0.2) is 21.5 Å². The maximum absolute atomic E-state index is 14.6. The molecule has 0 amide bonds. The van der Waals surface area contributed by atoms with Crippen LogP contribution in [-0.4, -0.2) is 25.7 Å². The standard InChI is InChI=1S/C17H16BrF2N3O2S/c1-17(11-8-12(18)14(20)9-13(11)19)15(10-6-4-3-5-7-10)26(24,25)23(2)16(21)22-17/h3-9,15H,1-2H3,(H2,21,22)/t15-,17-/m1/s1. The highest BCUT2D eigenvalue weighted by Crippen LogP contribution is 2.46. The van der Waals surface area contributed by atoms with Gasteiger partial charge >= 0.3 is 0 Å². The molecule has 1 saturated heterocycles. The van der Waals surface area contributed by atoms with Crippen molar-refractivity contribution >= 4 is 31.9 Å². The minimum atomic E-state index is -4.03. The fraction of sp³-hybridized carbons (Fsp3) is 0.235. The Balaban J connectivity index is 2.32. The molecule has 2 N–H and O–H groups in total. The number of nitrogens with zero attached hydrogens (tertiary/aromatic N) is 1. The highest BCUT2D eigenvalue weighted by Gasteiger charge is 2.53. The zero-order chi connectivity index (χ0) is 19.3. The summed E-state index contributed by atoms with van der Waals surface area (Å²) in [6, 6.07) is 10.3. The van der Waals surface area contributed by atoms with Gasteiger partial charge in [0.05, 0.1) is 10.0 Å². The first-order chi connectivity index (χ1) is 12.1. The molecule has 1 heterocycles. The summed E-state index contributed by atoms with van der Waals surface area (Å²) in [6.45, 7) is 1.49. The molecule has 1 aliphatic rings. The lowest BCUT2D eigenvalue weighted by Gasteiger charge is -2.46. The second kappa shape index (κ2) is 6.31. The van der Waals surface area contributed by atoms with Crippen LogP contribution in [0.3, 0.4) is 0 Å². The number of benzene rings is 2. The van der Waals surface area contributed by atoms with Crippen LogP contribution < -0.4 is 5.32 Å². The minimum absolute atomic E-state index is 0.00610. The predicted octanol–water partition coefficient (Wildman–Crippen LogP) is 3.48. The topological polar surface area (TPSA) is 73.3 Å². The van der Waals surface area contributed by atoms with Gasteiger partial charge in [-0.05, 0) is 34.5 Å². The Hall–Kier alpha value is -2.00. The molecule has 3 rings (SSSR count). The first-order valence-corrected chi connectivity index (χ1v) is 9.93. The van der Waals surface area contributed by atoms with Crippen LogP contribution in [0, 0.1) is 17.0 Å². The lowest BCUT2D eigenvalue weighted by molar-refractivity contribution is 0.344. The third kappa shape index (κ3) is 2.79. The van der Waals surface area contributed by atoms with Crippen LogP contribution >= 0.6 is 15.9 Å². The number of halogens is 3. The van der Waals surface area contributed by atoms with E-state index in [-0.39, 0.29) is 16.0 Å². The fourth-order valence-corrected chi connectivity index (χ4v) is 5.48. The smallest absolute Gasteiger partial charge is 0.246 e. The molecule has 0 bridgehead atoms. The van der Waals surface area contributed by atoms with E-state index in [1.54, 1.807) is 30.3 Å². The molecule has 0 unspecified atom stereocenters. The quantitative estimate of drug-likeness (QED) is 0.697. The monoisotopic (exact) mass is 443 g/mol. The van der Waals surface area contributed by atoms with Crippen molar-refractivity contribution in [3.63, 3.8) is 0 Å². The van der Waals surface area contributed by atoms with E-state index in [0.717, 1.165) is 4.31 Å². The molecule has 26 heavy (non-hydrogen) atoms. The molecule has 0 aromatic heterocycles. The zero-order valence-electron chi connectivity index (χ0n) is 13.9. The van der Waals surface area contributed by atoms with Crippen molar-refractivity contribution in [2.75, 3.05) is 7.05 Å². The van der Waals surface area contributed by atoms with E-state index in [4.69, 9.17) is 5.41 Å². The second-order valence-electron chi connectivity index (χ2n) is 6.23. The van der Waals surface area contributed by atoms with E-state index in [2.05, 4.69) is 21.2 Å². The van der Waals surface area contributed by atoms with Gasteiger partial charge in [-0.3, -0.25) is 5.41 Å². The Bertz CT molecular complexity index is 985. The fourth-order valence-electron chi connectivity index (χ4n) is 3.24. The summed E-state index contributed by atoms with van der Waals surface area (Å²) in [4.78, 5) is 0. The van der Waals surface area contributed by atoms with Crippen molar-refractivity contribution < 1.29 is 17.2 Å². The summed E-state index contributed by atoms with van der Waals surface area (Å²) in [5, 5.41) is 9.58.